The highest BCUT2D eigenvalue weighted by Crippen LogP contribution is 2.28. The van der Waals surface area contributed by atoms with E-state index < -0.39 is 0 Å². The number of benzene rings is 2. The summed E-state index contributed by atoms with van der Waals surface area (Å²) >= 11 is 12.6. The molecule has 0 bridgehead atoms. The Balaban J connectivity index is 2.32. The molecule has 6 heteroatoms. The molecule has 0 fully saturated rings. The van der Waals surface area contributed by atoms with Crippen molar-refractivity contribution in [1.82, 2.24) is 0 Å². The van der Waals surface area contributed by atoms with Crippen molar-refractivity contribution in [3.05, 3.63) is 55.4 Å². The molecule has 0 heterocycles. The fourth-order valence-electron chi connectivity index (χ4n) is 1.81. The first-order chi connectivity index (χ1) is 9.36. The number of hydrogen-bond acceptors (Lipinski definition) is 2. The monoisotopic (exact) mass is 416 g/mol. The predicted octanol–water partition coefficient (Wildman–Crippen LogP) is 5.01. The van der Waals surface area contributed by atoms with Crippen LogP contribution in [0.5, 0.6) is 0 Å². The maximum Gasteiger partial charge on any atom is 0.255 e. The van der Waals surface area contributed by atoms with Crippen molar-refractivity contribution in [1.29, 1.82) is 0 Å². The summed E-state index contributed by atoms with van der Waals surface area (Å²) in [5, 5.41) is 3.30. The second kappa shape index (κ2) is 6.16. The van der Waals surface area contributed by atoms with Crippen molar-refractivity contribution < 1.29 is 4.79 Å². The van der Waals surface area contributed by atoms with Crippen LogP contribution in [-0.2, 0) is 0 Å². The highest BCUT2D eigenvalue weighted by atomic mass is 79.9. The number of hydrogen-bond donors (Lipinski definition) is 2. The number of amides is 1. The number of nitrogen functional groups attached to an aromatic ring is 1. The van der Waals surface area contributed by atoms with Crippen molar-refractivity contribution in [3.8, 4) is 0 Å². The molecule has 2 aromatic rings. The Hall–Kier alpha value is -1.04. The third-order valence-electron chi connectivity index (χ3n) is 2.69. The summed E-state index contributed by atoms with van der Waals surface area (Å²) in [4.78, 5) is 12.3. The second-order valence-corrected chi connectivity index (χ2v) is 6.57. The summed E-state index contributed by atoms with van der Waals surface area (Å²) in [5.41, 5.74) is 8.38. The summed E-state index contributed by atoms with van der Waals surface area (Å²) in [6.45, 7) is 1.88. The molecule has 2 rings (SSSR count). The van der Waals surface area contributed by atoms with Crippen LogP contribution >= 0.6 is 43.5 Å². The maximum absolute atomic E-state index is 12.3. The zero-order chi connectivity index (χ0) is 14.9. The van der Waals surface area contributed by atoms with Gasteiger partial charge in [-0.25, -0.2) is 0 Å². The summed E-state index contributed by atoms with van der Waals surface area (Å²) in [6.07, 6.45) is 0. The molecule has 3 N–H and O–H groups in total. The van der Waals surface area contributed by atoms with Gasteiger partial charge in [0.15, 0.2) is 0 Å². The molecule has 0 aliphatic rings. The van der Waals surface area contributed by atoms with Gasteiger partial charge in [-0.1, -0.05) is 43.5 Å². The molecular formula is C14H11Br2ClN2O. The number of nitrogens with one attached hydrogen (secondary N) is 1. The minimum absolute atomic E-state index is 0.259. The molecule has 1 amide bonds. The Bertz CT molecular complexity index is 646. The number of anilines is 2. The number of rotatable bonds is 2. The first kappa shape index (κ1) is 15.4. The molecule has 0 saturated heterocycles. The molecule has 0 atom stereocenters. The summed E-state index contributed by atoms with van der Waals surface area (Å²) in [5.74, 6) is -0.259. The standard InChI is InChI=1S/C14H11Br2ClN2O/c1-7-2-9(15)6-12(18)13(7)19-14(20)8-3-10(16)5-11(17)4-8/h2-6H,18H2,1H3,(H,19,20). The smallest absolute Gasteiger partial charge is 0.255 e. The van der Waals surface area contributed by atoms with Gasteiger partial charge in [0.2, 0.25) is 0 Å². The van der Waals surface area contributed by atoms with Gasteiger partial charge < -0.3 is 11.1 Å². The van der Waals surface area contributed by atoms with E-state index in [9.17, 15) is 4.79 Å². The Labute approximate surface area is 138 Å². The van der Waals surface area contributed by atoms with Gasteiger partial charge in [0.05, 0.1) is 11.4 Å². The van der Waals surface area contributed by atoms with Crippen molar-refractivity contribution in [3.63, 3.8) is 0 Å². The zero-order valence-corrected chi connectivity index (χ0v) is 14.4. The van der Waals surface area contributed by atoms with Crippen molar-refractivity contribution in [2.75, 3.05) is 11.1 Å². The molecule has 3 nitrogen and oxygen atoms in total. The molecular weight excluding hydrogens is 407 g/mol. The maximum atomic E-state index is 12.3. The Morgan fingerprint density at radius 3 is 2.40 bits per heavy atom. The van der Waals surface area contributed by atoms with Crippen LogP contribution in [0.4, 0.5) is 11.4 Å². The topological polar surface area (TPSA) is 55.1 Å². The largest absolute Gasteiger partial charge is 0.397 e. The van der Waals surface area contributed by atoms with Gasteiger partial charge in [0.25, 0.3) is 5.91 Å². The first-order valence-corrected chi connectivity index (χ1v) is 7.66. The van der Waals surface area contributed by atoms with E-state index in [1.165, 1.54) is 0 Å². The van der Waals surface area contributed by atoms with E-state index in [1.54, 1.807) is 24.3 Å². The van der Waals surface area contributed by atoms with Crippen molar-refractivity contribution in [2.45, 2.75) is 6.92 Å². The lowest BCUT2D eigenvalue weighted by atomic mass is 10.1. The minimum atomic E-state index is -0.259. The van der Waals surface area contributed by atoms with Crippen LogP contribution in [0.3, 0.4) is 0 Å². The average Bonchev–Trinajstić information content (AvgIpc) is 2.32. The SMILES string of the molecule is Cc1cc(Br)cc(N)c1NC(=O)c1cc(Cl)cc(Br)c1. The quantitative estimate of drug-likeness (QED) is 0.674. The predicted molar refractivity (Wildman–Crippen MR) is 90.4 cm³/mol. The third kappa shape index (κ3) is 3.53. The molecule has 0 spiro atoms. The van der Waals surface area contributed by atoms with Crippen LogP contribution in [0.1, 0.15) is 15.9 Å². The van der Waals surface area contributed by atoms with Crippen molar-refractivity contribution >= 4 is 60.7 Å². The van der Waals surface area contributed by atoms with Crippen LogP contribution in [0.25, 0.3) is 0 Å². The Kier molecular flexibility index (Phi) is 4.73. The van der Waals surface area contributed by atoms with E-state index in [-0.39, 0.29) is 5.91 Å². The average molecular weight is 419 g/mol. The zero-order valence-electron chi connectivity index (χ0n) is 10.5. The fourth-order valence-corrected chi connectivity index (χ4v) is 3.26. The number of carbonyl (C=O) groups excluding carboxylic acids is 1. The minimum Gasteiger partial charge on any atom is -0.397 e. The summed E-state index contributed by atoms with van der Waals surface area (Å²) in [7, 11) is 0. The molecule has 0 unspecified atom stereocenters. The van der Waals surface area contributed by atoms with Crippen molar-refractivity contribution in [2.24, 2.45) is 0 Å². The first-order valence-electron chi connectivity index (χ1n) is 5.70. The summed E-state index contributed by atoms with van der Waals surface area (Å²) in [6, 6.07) is 8.66. The Morgan fingerprint density at radius 2 is 1.80 bits per heavy atom. The van der Waals surface area contributed by atoms with E-state index in [2.05, 4.69) is 37.2 Å². The van der Waals surface area contributed by atoms with Crippen LogP contribution in [-0.4, -0.2) is 5.91 Å². The number of halogens is 3. The number of nitrogens with two attached hydrogens (primary N) is 1. The lowest BCUT2D eigenvalue weighted by Gasteiger charge is -2.12. The van der Waals surface area contributed by atoms with Gasteiger partial charge in [0, 0.05) is 19.5 Å². The number of aryl methyl sites for hydroxylation is 1. The van der Waals surface area contributed by atoms with E-state index in [1.807, 2.05) is 13.0 Å². The number of carbonyl (C=O) groups is 1. The van der Waals surface area contributed by atoms with E-state index >= 15 is 0 Å². The molecule has 104 valence electrons. The molecule has 0 radical (unpaired) electrons. The highest BCUT2D eigenvalue weighted by molar-refractivity contribution is 9.10. The lowest BCUT2D eigenvalue weighted by molar-refractivity contribution is 0.102. The third-order valence-corrected chi connectivity index (χ3v) is 3.83. The highest BCUT2D eigenvalue weighted by Gasteiger charge is 2.12. The van der Waals surface area contributed by atoms with Crippen LogP contribution < -0.4 is 11.1 Å². The van der Waals surface area contributed by atoms with Crippen LogP contribution in [0.2, 0.25) is 5.02 Å². The molecule has 20 heavy (non-hydrogen) atoms. The molecule has 0 aliphatic carbocycles. The Morgan fingerprint density at radius 1 is 1.15 bits per heavy atom. The van der Waals surface area contributed by atoms with E-state index in [0.29, 0.717) is 22.0 Å². The van der Waals surface area contributed by atoms with Gasteiger partial charge in [0.1, 0.15) is 0 Å². The second-order valence-electron chi connectivity index (χ2n) is 4.30. The van der Waals surface area contributed by atoms with Crippen LogP contribution in [0.15, 0.2) is 39.3 Å². The van der Waals surface area contributed by atoms with Gasteiger partial charge in [-0.2, -0.15) is 0 Å². The lowest BCUT2D eigenvalue weighted by Crippen LogP contribution is -2.14. The molecule has 0 aliphatic heterocycles. The van der Waals surface area contributed by atoms with Gasteiger partial charge in [-0.3, -0.25) is 4.79 Å². The fraction of sp³-hybridized carbons (Fsp3) is 0.0714. The molecule has 0 saturated carbocycles. The van der Waals surface area contributed by atoms with E-state index in [0.717, 1.165) is 14.5 Å². The molecule has 0 aromatic heterocycles. The van der Waals surface area contributed by atoms with Crippen LogP contribution in [0, 0.1) is 6.92 Å². The van der Waals surface area contributed by atoms with Gasteiger partial charge in [-0.05, 0) is 42.8 Å². The van der Waals surface area contributed by atoms with Gasteiger partial charge in [-0.15, -0.1) is 0 Å². The molecule has 2 aromatic carbocycles. The van der Waals surface area contributed by atoms with E-state index in [4.69, 9.17) is 17.3 Å². The van der Waals surface area contributed by atoms with Gasteiger partial charge >= 0.3 is 0 Å². The summed E-state index contributed by atoms with van der Waals surface area (Å²) < 4.78 is 1.62. The normalized spacial score (nSPS) is 10.4.